The van der Waals surface area contributed by atoms with Crippen LogP contribution in [0.1, 0.15) is 49.7 Å². The Kier molecular flexibility index (Phi) is 4.02. The highest BCUT2D eigenvalue weighted by atomic mass is 15.4. The van der Waals surface area contributed by atoms with Gasteiger partial charge in [0, 0.05) is 6.04 Å². The topological polar surface area (TPSA) is 55.9 Å². The second-order valence-corrected chi connectivity index (χ2v) is 5.66. The number of nitrogen functional groups attached to an aromatic ring is 1. The summed E-state index contributed by atoms with van der Waals surface area (Å²) < 4.78 is 1.95. The molecule has 0 fully saturated rings. The molecule has 0 aliphatic rings. The van der Waals surface area contributed by atoms with Crippen molar-refractivity contribution in [1.82, 2.24) is 9.78 Å². The molecule has 0 saturated heterocycles. The average molecular weight is 272 g/mol. The number of hydrogen-bond donors (Lipinski definition) is 2. The average Bonchev–Trinajstić information content (AvgIpc) is 2.68. The van der Waals surface area contributed by atoms with E-state index in [-0.39, 0.29) is 12.1 Å². The van der Waals surface area contributed by atoms with Gasteiger partial charge in [0.25, 0.3) is 0 Å². The lowest BCUT2D eigenvalue weighted by molar-refractivity contribution is 0.532. The molecule has 0 saturated carbocycles. The third kappa shape index (κ3) is 2.79. The predicted octanol–water partition coefficient (Wildman–Crippen LogP) is 3.84. The van der Waals surface area contributed by atoms with Crippen molar-refractivity contribution >= 4 is 11.5 Å². The molecule has 2 aromatic rings. The maximum absolute atomic E-state index is 6.15. The molecule has 0 bridgehead atoms. The maximum atomic E-state index is 6.15. The summed E-state index contributed by atoms with van der Waals surface area (Å²) in [6.07, 6.45) is 0. The van der Waals surface area contributed by atoms with Crippen LogP contribution in [-0.2, 0) is 0 Å². The highest BCUT2D eigenvalue weighted by molar-refractivity contribution is 5.65. The Hall–Kier alpha value is -1.97. The molecule has 108 valence electrons. The number of anilines is 2. The summed E-state index contributed by atoms with van der Waals surface area (Å²) in [5.41, 5.74) is 10.3. The number of aromatic nitrogens is 2. The molecule has 0 aliphatic carbocycles. The lowest BCUT2D eigenvalue weighted by Gasteiger charge is -2.19. The molecule has 4 nitrogen and oxygen atoms in total. The Bertz CT molecular complexity index is 581. The molecule has 1 unspecified atom stereocenters. The highest BCUT2D eigenvalue weighted by Gasteiger charge is 2.17. The Morgan fingerprint density at radius 3 is 2.25 bits per heavy atom. The zero-order chi connectivity index (χ0) is 14.9. The van der Waals surface area contributed by atoms with E-state index in [4.69, 9.17) is 5.73 Å². The third-order valence-corrected chi connectivity index (χ3v) is 3.55. The van der Waals surface area contributed by atoms with E-state index in [1.54, 1.807) is 0 Å². The van der Waals surface area contributed by atoms with E-state index in [1.807, 2.05) is 11.6 Å². The van der Waals surface area contributed by atoms with Gasteiger partial charge in [0.1, 0.15) is 5.82 Å². The number of rotatable bonds is 4. The minimum atomic E-state index is 0.187. The summed E-state index contributed by atoms with van der Waals surface area (Å²) in [6.45, 7) is 10.4. The van der Waals surface area contributed by atoms with Crippen LogP contribution in [0, 0.1) is 13.8 Å². The second kappa shape index (κ2) is 5.57. The summed E-state index contributed by atoms with van der Waals surface area (Å²) in [4.78, 5) is 0. The molecule has 0 spiro atoms. The molecule has 0 radical (unpaired) electrons. The maximum Gasteiger partial charge on any atom is 0.148 e. The van der Waals surface area contributed by atoms with E-state index in [0.717, 1.165) is 17.2 Å². The molecule has 0 aliphatic heterocycles. The fraction of sp³-hybridized carbons (Fsp3) is 0.438. The summed E-state index contributed by atoms with van der Waals surface area (Å²) in [6, 6.07) is 9.01. The fourth-order valence-corrected chi connectivity index (χ4v) is 2.22. The largest absolute Gasteiger partial charge is 0.394 e. The van der Waals surface area contributed by atoms with Gasteiger partial charge < -0.3 is 11.1 Å². The fourth-order valence-electron chi connectivity index (χ4n) is 2.22. The van der Waals surface area contributed by atoms with Crippen molar-refractivity contribution < 1.29 is 0 Å². The molecule has 1 aromatic heterocycles. The Morgan fingerprint density at radius 2 is 1.70 bits per heavy atom. The van der Waals surface area contributed by atoms with Crippen molar-refractivity contribution in [3.8, 4) is 0 Å². The van der Waals surface area contributed by atoms with Crippen LogP contribution in [0.3, 0.4) is 0 Å². The summed E-state index contributed by atoms with van der Waals surface area (Å²) >= 11 is 0. The van der Waals surface area contributed by atoms with Crippen molar-refractivity contribution in [3.63, 3.8) is 0 Å². The first-order valence-corrected chi connectivity index (χ1v) is 7.07. The van der Waals surface area contributed by atoms with Crippen LogP contribution in [0.5, 0.6) is 0 Å². The predicted molar refractivity (Wildman–Crippen MR) is 85.0 cm³/mol. The molecule has 2 rings (SSSR count). The van der Waals surface area contributed by atoms with Crippen molar-refractivity contribution in [2.24, 2.45) is 0 Å². The van der Waals surface area contributed by atoms with Gasteiger partial charge in [0.15, 0.2) is 0 Å². The summed E-state index contributed by atoms with van der Waals surface area (Å²) in [5, 5.41) is 7.99. The lowest BCUT2D eigenvalue weighted by Crippen LogP contribution is -2.14. The quantitative estimate of drug-likeness (QED) is 0.889. The highest BCUT2D eigenvalue weighted by Crippen LogP contribution is 2.29. The van der Waals surface area contributed by atoms with E-state index in [0.29, 0.717) is 0 Å². The van der Waals surface area contributed by atoms with Crippen LogP contribution in [-0.4, -0.2) is 9.78 Å². The number of nitrogens with zero attached hydrogens (tertiary/aromatic N) is 2. The van der Waals surface area contributed by atoms with Gasteiger partial charge in [-0.15, -0.1) is 0 Å². The van der Waals surface area contributed by atoms with Gasteiger partial charge in [0.2, 0.25) is 0 Å². The first-order chi connectivity index (χ1) is 9.40. The van der Waals surface area contributed by atoms with E-state index in [9.17, 15) is 0 Å². The van der Waals surface area contributed by atoms with Crippen LogP contribution in [0.15, 0.2) is 24.3 Å². The second-order valence-electron chi connectivity index (χ2n) is 5.66. The molecular weight excluding hydrogens is 248 g/mol. The zero-order valence-corrected chi connectivity index (χ0v) is 12.9. The minimum Gasteiger partial charge on any atom is -0.394 e. The first-order valence-electron chi connectivity index (χ1n) is 7.07. The molecule has 1 heterocycles. The van der Waals surface area contributed by atoms with Gasteiger partial charge in [0.05, 0.1) is 17.4 Å². The van der Waals surface area contributed by atoms with Gasteiger partial charge in [-0.3, -0.25) is 0 Å². The minimum absolute atomic E-state index is 0.187. The number of nitrogens with one attached hydrogen (secondary N) is 1. The Balaban J connectivity index is 2.27. The number of nitrogens with two attached hydrogens (primary N) is 1. The molecule has 3 N–H and O–H groups in total. The number of hydrogen-bond acceptors (Lipinski definition) is 3. The van der Waals surface area contributed by atoms with Crippen LogP contribution in [0.25, 0.3) is 0 Å². The van der Waals surface area contributed by atoms with Crippen molar-refractivity contribution in [2.45, 2.75) is 46.7 Å². The van der Waals surface area contributed by atoms with Gasteiger partial charge in [-0.1, -0.05) is 29.8 Å². The van der Waals surface area contributed by atoms with Crippen molar-refractivity contribution in [1.29, 1.82) is 0 Å². The van der Waals surface area contributed by atoms with Gasteiger partial charge >= 0.3 is 0 Å². The van der Waals surface area contributed by atoms with Crippen molar-refractivity contribution in [2.75, 3.05) is 11.1 Å². The molecular formula is C16H24N4. The first kappa shape index (κ1) is 14.4. The summed E-state index contributed by atoms with van der Waals surface area (Å²) in [7, 11) is 0. The van der Waals surface area contributed by atoms with Gasteiger partial charge in [-0.05, 0) is 40.2 Å². The summed E-state index contributed by atoms with van der Waals surface area (Å²) in [5.74, 6) is 0.908. The van der Waals surface area contributed by atoms with E-state index < -0.39 is 0 Å². The monoisotopic (exact) mass is 272 g/mol. The van der Waals surface area contributed by atoms with E-state index >= 15 is 0 Å². The van der Waals surface area contributed by atoms with Gasteiger partial charge in [-0.25, -0.2) is 4.68 Å². The molecule has 20 heavy (non-hydrogen) atoms. The normalized spacial score (nSPS) is 12.7. The smallest absolute Gasteiger partial charge is 0.148 e. The molecule has 0 amide bonds. The Labute approximate surface area is 121 Å². The molecule has 1 atom stereocenters. The van der Waals surface area contributed by atoms with Crippen molar-refractivity contribution in [3.05, 3.63) is 41.1 Å². The lowest BCUT2D eigenvalue weighted by atomic mass is 10.1. The molecule has 1 aromatic carbocycles. The van der Waals surface area contributed by atoms with Crippen LogP contribution in [0.4, 0.5) is 11.5 Å². The van der Waals surface area contributed by atoms with E-state index in [2.05, 4.69) is 62.4 Å². The SMILES string of the molecule is Cc1ccc(C(C)Nc2c(N)c(C)nn2C(C)C)cc1. The van der Waals surface area contributed by atoms with Crippen LogP contribution >= 0.6 is 0 Å². The molecule has 4 heteroatoms. The van der Waals surface area contributed by atoms with Crippen LogP contribution < -0.4 is 11.1 Å². The zero-order valence-electron chi connectivity index (χ0n) is 12.9. The van der Waals surface area contributed by atoms with E-state index in [1.165, 1.54) is 11.1 Å². The third-order valence-electron chi connectivity index (χ3n) is 3.55. The number of benzene rings is 1. The Morgan fingerprint density at radius 1 is 1.10 bits per heavy atom. The number of aryl methyl sites for hydroxylation is 2. The van der Waals surface area contributed by atoms with Gasteiger partial charge in [-0.2, -0.15) is 5.10 Å². The standard InChI is InChI=1S/C16H24N4/c1-10(2)20-16(15(17)13(5)19-20)18-12(4)14-8-6-11(3)7-9-14/h6-10,12,18H,17H2,1-5H3. The van der Waals surface area contributed by atoms with Crippen LogP contribution in [0.2, 0.25) is 0 Å².